The van der Waals surface area contributed by atoms with Crippen LogP contribution in [-0.4, -0.2) is 28.6 Å². The fourth-order valence-electron chi connectivity index (χ4n) is 2.15. The van der Waals surface area contributed by atoms with Gasteiger partial charge in [0, 0.05) is 31.0 Å². The third-order valence-electron chi connectivity index (χ3n) is 2.88. The highest BCUT2D eigenvalue weighted by Gasteiger charge is 2.40. The van der Waals surface area contributed by atoms with Crippen LogP contribution in [0.1, 0.15) is 18.2 Å². The van der Waals surface area contributed by atoms with Gasteiger partial charge in [0.1, 0.15) is 0 Å². The number of piperazine rings is 1. The van der Waals surface area contributed by atoms with Crippen molar-refractivity contribution in [1.29, 1.82) is 0 Å². The molecule has 3 aliphatic rings. The minimum atomic E-state index is 0.360. The van der Waals surface area contributed by atoms with Crippen LogP contribution in [0.3, 0.4) is 0 Å². The van der Waals surface area contributed by atoms with Crippen LogP contribution < -0.4 is 10.6 Å². The maximum absolute atomic E-state index is 4.31. The molecule has 4 heteroatoms. The highest BCUT2D eigenvalue weighted by Crippen LogP contribution is 2.28. The zero-order chi connectivity index (χ0) is 8.67. The molecule has 0 aliphatic carbocycles. The van der Waals surface area contributed by atoms with Gasteiger partial charge in [0.25, 0.3) is 0 Å². The van der Waals surface area contributed by atoms with Gasteiger partial charge < -0.3 is 10.6 Å². The van der Waals surface area contributed by atoms with Crippen molar-refractivity contribution in [2.24, 2.45) is 0 Å². The Kier molecular flexibility index (Phi) is 1.57. The number of hydrogen-bond donors (Lipinski definition) is 2. The van der Waals surface area contributed by atoms with Gasteiger partial charge in [-0.1, -0.05) is 0 Å². The number of rotatable bonds is 1. The van der Waals surface area contributed by atoms with Gasteiger partial charge in [-0.3, -0.25) is 9.97 Å². The molecule has 13 heavy (non-hydrogen) atoms. The van der Waals surface area contributed by atoms with Crippen LogP contribution in [0.15, 0.2) is 18.6 Å². The number of nitrogens with zero attached hydrogens (tertiary/aromatic N) is 2. The van der Waals surface area contributed by atoms with Gasteiger partial charge in [0.05, 0.1) is 17.9 Å². The van der Waals surface area contributed by atoms with Crippen molar-refractivity contribution < 1.29 is 0 Å². The highest BCUT2D eigenvalue weighted by atomic mass is 15.2. The SMILES string of the molecule is c1cnc(C2NCC3CC2N3)cn1. The second-order valence-corrected chi connectivity index (χ2v) is 3.72. The van der Waals surface area contributed by atoms with E-state index in [-0.39, 0.29) is 0 Å². The van der Waals surface area contributed by atoms with Gasteiger partial charge in [-0.25, -0.2) is 0 Å². The molecule has 4 heterocycles. The van der Waals surface area contributed by atoms with Crippen molar-refractivity contribution in [1.82, 2.24) is 20.6 Å². The van der Waals surface area contributed by atoms with Crippen LogP contribution in [0, 0.1) is 0 Å². The smallest absolute Gasteiger partial charge is 0.0772 e. The average Bonchev–Trinajstić information content (AvgIpc) is 2.18. The van der Waals surface area contributed by atoms with Crippen molar-refractivity contribution in [2.45, 2.75) is 24.5 Å². The maximum Gasteiger partial charge on any atom is 0.0772 e. The first kappa shape index (κ1) is 7.41. The standard InChI is InChI=1S/C9H12N4/c1-2-11-8(5-10-1)9-7-3-6(13-7)4-12-9/h1-2,5-7,9,12-13H,3-4H2. The Hall–Kier alpha value is -1.00. The third-order valence-corrected chi connectivity index (χ3v) is 2.88. The number of piperidine rings is 1. The molecule has 3 aliphatic heterocycles. The quantitative estimate of drug-likeness (QED) is 0.625. The van der Waals surface area contributed by atoms with E-state index in [9.17, 15) is 0 Å². The van der Waals surface area contributed by atoms with E-state index in [4.69, 9.17) is 0 Å². The zero-order valence-corrected chi connectivity index (χ0v) is 7.27. The van der Waals surface area contributed by atoms with Crippen molar-refractivity contribution in [3.8, 4) is 0 Å². The van der Waals surface area contributed by atoms with Gasteiger partial charge in [0.15, 0.2) is 0 Å². The summed E-state index contributed by atoms with van der Waals surface area (Å²) in [5.41, 5.74) is 1.05. The molecule has 0 spiro atoms. The van der Waals surface area contributed by atoms with E-state index >= 15 is 0 Å². The summed E-state index contributed by atoms with van der Waals surface area (Å²) in [6.07, 6.45) is 6.58. The largest absolute Gasteiger partial charge is 0.308 e. The Balaban J connectivity index is 1.85. The van der Waals surface area contributed by atoms with E-state index in [1.165, 1.54) is 6.42 Å². The van der Waals surface area contributed by atoms with Crippen molar-refractivity contribution in [3.05, 3.63) is 24.3 Å². The van der Waals surface area contributed by atoms with Gasteiger partial charge >= 0.3 is 0 Å². The highest BCUT2D eigenvalue weighted by molar-refractivity contribution is 5.13. The van der Waals surface area contributed by atoms with Gasteiger partial charge in [-0.2, -0.15) is 0 Å². The molecule has 4 rings (SSSR count). The molecule has 2 bridgehead atoms. The molecular weight excluding hydrogens is 164 g/mol. The molecule has 0 amide bonds. The van der Waals surface area contributed by atoms with Gasteiger partial charge in [0.2, 0.25) is 0 Å². The second-order valence-electron chi connectivity index (χ2n) is 3.72. The Morgan fingerprint density at radius 2 is 2.31 bits per heavy atom. The predicted octanol–water partition coefficient (Wildman–Crippen LogP) is -0.149. The number of nitrogens with one attached hydrogen (secondary N) is 2. The van der Waals surface area contributed by atoms with E-state index < -0.39 is 0 Å². The van der Waals surface area contributed by atoms with Crippen LogP contribution in [0.25, 0.3) is 0 Å². The third kappa shape index (κ3) is 1.14. The zero-order valence-electron chi connectivity index (χ0n) is 7.27. The van der Waals surface area contributed by atoms with Crippen LogP contribution in [0.4, 0.5) is 0 Å². The maximum atomic E-state index is 4.31. The minimum absolute atomic E-state index is 0.360. The molecule has 3 saturated heterocycles. The fraction of sp³-hybridized carbons (Fsp3) is 0.556. The van der Waals surface area contributed by atoms with Crippen LogP contribution >= 0.6 is 0 Å². The van der Waals surface area contributed by atoms with E-state index in [0.717, 1.165) is 12.2 Å². The summed E-state index contributed by atoms with van der Waals surface area (Å²) in [6, 6.07) is 1.62. The minimum Gasteiger partial charge on any atom is -0.308 e. The molecule has 0 aromatic carbocycles. The summed E-state index contributed by atoms with van der Waals surface area (Å²) >= 11 is 0. The molecule has 0 radical (unpaired) electrons. The first-order valence-corrected chi connectivity index (χ1v) is 4.69. The van der Waals surface area contributed by atoms with Crippen molar-refractivity contribution in [2.75, 3.05) is 6.54 Å². The lowest BCUT2D eigenvalue weighted by Crippen LogP contribution is -2.67. The summed E-state index contributed by atoms with van der Waals surface area (Å²) in [5.74, 6) is 0. The molecule has 1 aromatic heterocycles. The van der Waals surface area contributed by atoms with Crippen LogP contribution in [0.5, 0.6) is 0 Å². The molecule has 1 aromatic rings. The summed E-state index contributed by atoms with van der Waals surface area (Å²) in [7, 11) is 0. The Bertz CT molecular complexity index is 291. The topological polar surface area (TPSA) is 49.8 Å². The van der Waals surface area contributed by atoms with E-state index in [1.807, 2.05) is 6.20 Å². The lowest BCUT2D eigenvalue weighted by molar-refractivity contribution is 0.144. The summed E-state index contributed by atoms with van der Waals surface area (Å²) in [5, 5.41) is 6.97. The average molecular weight is 176 g/mol. The first-order valence-electron chi connectivity index (χ1n) is 4.69. The second kappa shape index (κ2) is 2.75. The normalized spacial score (nSPS) is 36.8. The molecule has 3 atom stereocenters. The summed E-state index contributed by atoms with van der Waals surface area (Å²) in [6.45, 7) is 1.05. The Labute approximate surface area is 76.8 Å². The summed E-state index contributed by atoms with van der Waals surface area (Å²) in [4.78, 5) is 8.39. The van der Waals surface area contributed by atoms with E-state index in [0.29, 0.717) is 18.1 Å². The van der Waals surface area contributed by atoms with Crippen molar-refractivity contribution in [3.63, 3.8) is 0 Å². The molecule has 68 valence electrons. The fourth-order valence-corrected chi connectivity index (χ4v) is 2.15. The predicted molar refractivity (Wildman–Crippen MR) is 48.1 cm³/mol. The lowest BCUT2D eigenvalue weighted by Gasteiger charge is -2.48. The molecule has 4 nitrogen and oxygen atoms in total. The molecule has 3 fully saturated rings. The van der Waals surface area contributed by atoms with Crippen molar-refractivity contribution >= 4 is 0 Å². The number of hydrogen-bond acceptors (Lipinski definition) is 4. The van der Waals surface area contributed by atoms with Crippen LogP contribution in [-0.2, 0) is 0 Å². The van der Waals surface area contributed by atoms with Gasteiger partial charge in [-0.05, 0) is 6.42 Å². The number of fused-ring (bicyclic) bond motifs is 2. The van der Waals surface area contributed by atoms with Crippen LogP contribution in [0.2, 0.25) is 0 Å². The number of aromatic nitrogens is 2. The van der Waals surface area contributed by atoms with E-state index in [2.05, 4.69) is 20.6 Å². The summed E-state index contributed by atoms with van der Waals surface area (Å²) < 4.78 is 0. The monoisotopic (exact) mass is 176 g/mol. The van der Waals surface area contributed by atoms with E-state index in [1.54, 1.807) is 12.4 Å². The Morgan fingerprint density at radius 1 is 1.38 bits per heavy atom. The molecule has 3 unspecified atom stereocenters. The Morgan fingerprint density at radius 3 is 2.92 bits per heavy atom. The molecule has 0 saturated carbocycles. The molecule has 2 N–H and O–H groups in total. The van der Waals surface area contributed by atoms with Gasteiger partial charge in [-0.15, -0.1) is 0 Å². The first-order chi connectivity index (χ1) is 6.43. The lowest BCUT2D eigenvalue weighted by atomic mass is 9.85. The molecular formula is C9H12N4.